The van der Waals surface area contributed by atoms with Gasteiger partial charge in [0.15, 0.2) is 10.9 Å². The highest BCUT2D eigenvalue weighted by Gasteiger charge is 2.05. The van der Waals surface area contributed by atoms with Crippen LogP contribution in [0, 0.1) is 6.92 Å². The summed E-state index contributed by atoms with van der Waals surface area (Å²) in [5.74, 6) is 0.738. The van der Waals surface area contributed by atoms with Crippen molar-refractivity contribution < 1.29 is 0 Å². The number of nitrogens with one attached hydrogen (secondary N) is 2. The van der Waals surface area contributed by atoms with E-state index >= 15 is 0 Å². The standard InChI is InChI=1S/C23H22N4S/c1-17-9-11-18(12-10-17)15-24-23(28)25-22-13-14-27(26-22)16-20-7-4-6-19-5-2-3-8-21(19)20/h2-14H,15-16H2,1H3,(H2,24,25,26,28). The fraction of sp³-hybridized carbons (Fsp3) is 0.130. The van der Waals surface area contributed by atoms with Crippen molar-refractivity contribution in [2.24, 2.45) is 0 Å². The van der Waals surface area contributed by atoms with E-state index in [-0.39, 0.29) is 0 Å². The number of nitrogens with zero attached hydrogens (tertiary/aromatic N) is 2. The topological polar surface area (TPSA) is 41.9 Å². The van der Waals surface area contributed by atoms with Gasteiger partial charge in [-0.25, -0.2) is 0 Å². The first-order valence-corrected chi connectivity index (χ1v) is 9.69. The number of benzene rings is 3. The van der Waals surface area contributed by atoms with Crippen LogP contribution in [0.15, 0.2) is 79.0 Å². The predicted octanol–water partition coefficient (Wildman–Crippen LogP) is 4.88. The van der Waals surface area contributed by atoms with Crippen molar-refractivity contribution in [2.75, 3.05) is 5.32 Å². The molecule has 4 rings (SSSR count). The highest BCUT2D eigenvalue weighted by atomic mass is 32.1. The number of aryl methyl sites for hydroxylation is 1. The maximum Gasteiger partial charge on any atom is 0.172 e. The summed E-state index contributed by atoms with van der Waals surface area (Å²) >= 11 is 5.39. The Bertz CT molecular complexity index is 1090. The molecule has 0 atom stereocenters. The van der Waals surface area contributed by atoms with Gasteiger partial charge in [-0.3, -0.25) is 4.68 Å². The van der Waals surface area contributed by atoms with Crippen LogP contribution in [0.4, 0.5) is 5.82 Å². The molecule has 1 heterocycles. The number of fused-ring (bicyclic) bond motifs is 1. The van der Waals surface area contributed by atoms with Crippen LogP contribution in [-0.2, 0) is 13.1 Å². The molecule has 0 saturated carbocycles. The number of hydrogen-bond acceptors (Lipinski definition) is 2. The van der Waals surface area contributed by atoms with E-state index in [9.17, 15) is 0 Å². The zero-order chi connectivity index (χ0) is 19.3. The van der Waals surface area contributed by atoms with E-state index in [4.69, 9.17) is 12.2 Å². The fourth-order valence-corrected chi connectivity index (χ4v) is 3.35. The van der Waals surface area contributed by atoms with Crippen molar-refractivity contribution in [2.45, 2.75) is 20.0 Å². The van der Waals surface area contributed by atoms with Crippen LogP contribution >= 0.6 is 12.2 Å². The highest BCUT2D eigenvalue weighted by molar-refractivity contribution is 7.80. The smallest absolute Gasteiger partial charge is 0.172 e. The zero-order valence-electron chi connectivity index (χ0n) is 15.7. The molecule has 0 unspecified atom stereocenters. The molecule has 4 nitrogen and oxygen atoms in total. The first-order chi connectivity index (χ1) is 13.7. The third-order valence-electron chi connectivity index (χ3n) is 4.67. The van der Waals surface area contributed by atoms with E-state index < -0.39 is 0 Å². The van der Waals surface area contributed by atoms with Crippen molar-refractivity contribution >= 4 is 33.9 Å². The summed E-state index contributed by atoms with van der Waals surface area (Å²) in [6.45, 7) is 3.48. The molecule has 28 heavy (non-hydrogen) atoms. The Labute approximate surface area is 170 Å². The Morgan fingerprint density at radius 2 is 1.75 bits per heavy atom. The largest absolute Gasteiger partial charge is 0.358 e. The molecule has 0 bridgehead atoms. The summed E-state index contributed by atoms with van der Waals surface area (Å²) in [6.07, 6.45) is 1.96. The lowest BCUT2D eigenvalue weighted by atomic mass is 10.0. The minimum atomic E-state index is 0.566. The number of anilines is 1. The Kier molecular flexibility index (Phi) is 5.35. The van der Waals surface area contributed by atoms with Gasteiger partial charge >= 0.3 is 0 Å². The Balaban J connectivity index is 1.37. The minimum Gasteiger partial charge on any atom is -0.358 e. The average Bonchev–Trinajstić information content (AvgIpc) is 3.14. The van der Waals surface area contributed by atoms with E-state index in [2.05, 4.69) is 89.4 Å². The van der Waals surface area contributed by atoms with Gasteiger partial charge < -0.3 is 10.6 Å². The van der Waals surface area contributed by atoms with Crippen molar-refractivity contribution in [3.63, 3.8) is 0 Å². The van der Waals surface area contributed by atoms with Crippen molar-refractivity contribution in [3.05, 3.63) is 95.7 Å². The van der Waals surface area contributed by atoms with Gasteiger partial charge in [0.2, 0.25) is 0 Å². The maximum absolute atomic E-state index is 5.39. The van der Waals surface area contributed by atoms with Crippen LogP contribution < -0.4 is 10.6 Å². The Hall–Kier alpha value is -3.18. The number of rotatable bonds is 5. The molecule has 0 fully saturated rings. The Morgan fingerprint density at radius 3 is 2.61 bits per heavy atom. The SMILES string of the molecule is Cc1ccc(CNC(=S)Nc2ccn(Cc3cccc4ccccc34)n2)cc1. The van der Waals surface area contributed by atoms with Crippen LogP contribution in [0.2, 0.25) is 0 Å². The minimum absolute atomic E-state index is 0.566. The molecule has 0 aliphatic carbocycles. The van der Waals surface area contributed by atoms with E-state index in [1.54, 1.807) is 0 Å². The second kappa shape index (κ2) is 8.23. The van der Waals surface area contributed by atoms with Crippen molar-refractivity contribution in [1.29, 1.82) is 0 Å². The van der Waals surface area contributed by atoms with Crippen LogP contribution in [0.5, 0.6) is 0 Å². The quantitative estimate of drug-likeness (QED) is 0.480. The molecule has 0 saturated heterocycles. The van der Waals surface area contributed by atoms with Crippen LogP contribution in [-0.4, -0.2) is 14.9 Å². The van der Waals surface area contributed by atoms with E-state index in [1.807, 2.05) is 16.9 Å². The van der Waals surface area contributed by atoms with Gasteiger partial charge in [0, 0.05) is 18.8 Å². The summed E-state index contributed by atoms with van der Waals surface area (Å²) < 4.78 is 1.92. The average molecular weight is 387 g/mol. The molecule has 5 heteroatoms. The Morgan fingerprint density at radius 1 is 0.964 bits per heavy atom. The highest BCUT2D eigenvalue weighted by Crippen LogP contribution is 2.19. The summed E-state index contributed by atoms with van der Waals surface area (Å²) in [6, 6.07) is 25.1. The van der Waals surface area contributed by atoms with Gasteiger partial charge in [0.05, 0.1) is 6.54 Å². The molecule has 0 aliphatic rings. The summed E-state index contributed by atoms with van der Waals surface area (Å²) in [4.78, 5) is 0. The number of aromatic nitrogens is 2. The van der Waals surface area contributed by atoms with Gasteiger partial charge in [-0.2, -0.15) is 5.10 Å². The molecule has 0 aliphatic heterocycles. The molecule has 0 radical (unpaired) electrons. The molecular weight excluding hydrogens is 364 g/mol. The second-order valence-electron chi connectivity index (χ2n) is 6.83. The molecule has 0 amide bonds. The van der Waals surface area contributed by atoms with Gasteiger partial charge in [-0.15, -0.1) is 0 Å². The van der Waals surface area contributed by atoms with E-state index in [0.717, 1.165) is 5.82 Å². The lowest BCUT2D eigenvalue weighted by molar-refractivity contribution is 0.693. The monoisotopic (exact) mass is 386 g/mol. The van der Waals surface area contributed by atoms with Gasteiger partial charge in [-0.1, -0.05) is 72.3 Å². The molecule has 140 valence electrons. The third-order valence-corrected chi connectivity index (χ3v) is 4.91. The van der Waals surface area contributed by atoms with E-state index in [0.29, 0.717) is 18.2 Å². The zero-order valence-corrected chi connectivity index (χ0v) is 16.5. The van der Waals surface area contributed by atoms with E-state index in [1.165, 1.54) is 27.5 Å². The number of hydrogen-bond donors (Lipinski definition) is 2. The molecule has 3 aromatic carbocycles. The van der Waals surface area contributed by atoms with Crippen LogP contribution in [0.25, 0.3) is 10.8 Å². The lowest BCUT2D eigenvalue weighted by Crippen LogP contribution is -2.28. The molecule has 4 aromatic rings. The molecule has 1 aromatic heterocycles. The van der Waals surface area contributed by atoms with Gasteiger partial charge in [0.25, 0.3) is 0 Å². The third kappa shape index (κ3) is 4.38. The molecule has 0 spiro atoms. The normalized spacial score (nSPS) is 10.8. The lowest BCUT2D eigenvalue weighted by Gasteiger charge is -2.09. The van der Waals surface area contributed by atoms with Crippen LogP contribution in [0.1, 0.15) is 16.7 Å². The van der Waals surface area contributed by atoms with Crippen LogP contribution in [0.3, 0.4) is 0 Å². The summed E-state index contributed by atoms with van der Waals surface area (Å²) in [5.41, 5.74) is 3.69. The van der Waals surface area contributed by atoms with Crippen molar-refractivity contribution in [1.82, 2.24) is 15.1 Å². The van der Waals surface area contributed by atoms with Crippen molar-refractivity contribution in [3.8, 4) is 0 Å². The van der Waals surface area contributed by atoms with Gasteiger partial charge in [-0.05, 0) is 41.0 Å². The second-order valence-corrected chi connectivity index (χ2v) is 7.24. The maximum atomic E-state index is 5.39. The first-order valence-electron chi connectivity index (χ1n) is 9.28. The molecular formula is C23H22N4S. The first kappa shape index (κ1) is 18.2. The molecule has 2 N–H and O–H groups in total. The predicted molar refractivity (Wildman–Crippen MR) is 120 cm³/mol. The van der Waals surface area contributed by atoms with Gasteiger partial charge in [0.1, 0.15) is 0 Å². The summed E-state index contributed by atoms with van der Waals surface area (Å²) in [7, 11) is 0. The number of thiocarbonyl (C=S) groups is 1. The summed E-state index contributed by atoms with van der Waals surface area (Å²) in [5, 5.41) is 14.0. The fourth-order valence-electron chi connectivity index (χ4n) is 3.17.